The molecule has 0 aliphatic carbocycles. The second-order valence-corrected chi connectivity index (χ2v) is 24.3. The van der Waals surface area contributed by atoms with Gasteiger partial charge in [0.05, 0.1) is 0 Å². The second kappa shape index (κ2) is 17.5. The van der Waals surface area contributed by atoms with E-state index in [1.165, 1.54) is 22.3 Å². The first-order chi connectivity index (χ1) is 28.4. The molecule has 4 aromatic carbocycles. The lowest BCUT2D eigenvalue weighted by molar-refractivity contribution is 0.359. The zero-order valence-electron chi connectivity index (χ0n) is 42.9. The third kappa shape index (κ3) is 9.92. The molecule has 0 atom stereocenters. The van der Waals surface area contributed by atoms with Gasteiger partial charge in [-0.2, -0.15) is 0 Å². The molecule has 0 radical (unpaired) electrons. The van der Waals surface area contributed by atoms with Gasteiger partial charge in [0.1, 0.15) is 23.0 Å². The molecular weight excluding hydrogens is 780 g/mol. The summed E-state index contributed by atoms with van der Waals surface area (Å²) in [5.41, 5.74) is 12.6. The number of phenols is 1. The molecule has 0 saturated heterocycles. The van der Waals surface area contributed by atoms with Gasteiger partial charge in [0, 0.05) is 45.7 Å². The standard InChI is InChI=1S/C57H83O4P/c1-22-54(14,15)40-31-38(48(58)44(33-40)56(18,19)24-3)30-39-32-41(55(16,17)23-2)34-47(57(20,21)25-4)49(39)59-62-60-50-42(26-35(5)28-45(50)52(8,9)10)37(7)43-27-36(6)29-46(51(43)61-62)53(11,12)13/h26-29,31-34,37,58H,22-25,30H2,1-21H3. The van der Waals surface area contributed by atoms with E-state index < -0.39 is 8.60 Å². The zero-order chi connectivity index (χ0) is 46.7. The van der Waals surface area contributed by atoms with E-state index in [-0.39, 0.29) is 38.4 Å². The lowest BCUT2D eigenvalue weighted by atomic mass is 9.73. The Bertz CT molecular complexity index is 2200. The van der Waals surface area contributed by atoms with Crippen LogP contribution in [0.2, 0.25) is 0 Å². The Balaban J connectivity index is 1.90. The Kier molecular flexibility index (Phi) is 14.0. The highest BCUT2D eigenvalue weighted by molar-refractivity contribution is 7.43. The van der Waals surface area contributed by atoms with Gasteiger partial charge in [0.25, 0.3) is 0 Å². The summed E-state index contributed by atoms with van der Waals surface area (Å²) in [5.74, 6) is 2.90. The number of aromatic hydroxyl groups is 1. The van der Waals surface area contributed by atoms with E-state index in [0.717, 1.165) is 87.4 Å². The first-order valence-corrected chi connectivity index (χ1v) is 24.7. The molecule has 5 heteroatoms. The third-order valence-electron chi connectivity index (χ3n) is 14.9. The molecule has 1 N–H and O–H groups in total. The Morgan fingerprint density at radius 2 is 0.903 bits per heavy atom. The van der Waals surface area contributed by atoms with Crippen molar-refractivity contribution in [3.63, 3.8) is 0 Å². The molecule has 1 heterocycles. The maximum absolute atomic E-state index is 12.4. The monoisotopic (exact) mass is 863 g/mol. The molecule has 0 unspecified atom stereocenters. The lowest BCUT2D eigenvalue weighted by Crippen LogP contribution is -2.24. The highest BCUT2D eigenvalue weighted by Crippen LogP contribution is 2.57. The molecule has 0 amide bonds. The Morgan fingerprint density at radius 1 is 0.516 bits per heavy atom. The maximum Gasteiger partial charge on any atom is 0.530 e. The largest absolute Gasteiger partial charge is 0.530 e. The van der Waals surface area contributed by atoms with Gasteiger partial charge in [-0.3, -0.25) is 0 Å². The number of aryl methyl sites for hydroxylation is 2. The van der Waals surface area contributed by atoms with Crippen molar-refractivity contribution in [3.05, 3.63) is 115 Å². The third-order valence-corrected chi connectivity index (χ3v) is 15.9. The van der Waals surface area contributed by atoms with Crippen LogP contribution in [-0.4, -0.2) is 5.11 Å². The van der Waals surface area contributed by atoms with Gasteiger partial charge in [0.15, 0.2) is 0 Å². The molecule has 4 nitrogen and oxygen atoms in total. The molecule has 0 saturated carbocycles. The van der Waals surface area contributed by atoms with Crippen molar-refractivity contribution >= 4 is 8.60 Å². The SMILES string of the molecule is CCC(C)(C)c1cc(Cc2cc(C(C)(C)CC)cc(C(C)(C)CC)c2OP2Oc3c(cc(C)cc3C(C)(C)C)C(C)c3cc(C)cc(C(C)(C)C)c3O2)c(O)c(C(C)(C)CC)c1. The number of benzene rings is 4. The van der Waals surface area contributed by atoms with Crippen molar-refractivity contribution in [1.29, 1.82) is 0 Å². The molecule has 340 valence electrons. The van der Waals surface area contributed by atoms with Crippen LogP contribution < -0.4 is 13.6 Å². The molecular formula is C57H83O4P. The normalized spacial score (nSPS) is 16.5. The summed E-state index contributed by atoms with van der Waals surface area (Å²) < 4.78 is 22.3. The highest BCUT2D eigenvalue weighted by Gasteiger charge is 2.39. The predicted molar refractivity (Wildman–Crippen MR) is 267 cm³/mol. The van der Waals surface area contributed by atoms with Crippen molar-refractivity contribution < 1.29 is 18.7 Å². The summed E-state index contributed by atoms with van der Waals surface area (Å²) >= 11 is 0. The average Bonchev–Trinajstić information content (AvgIpc) is 3.18. The summed E-state index contributed by atoms with van der Waals surface area (Å²) in [5, 5.41) is 12.4. The van der Waals surface area contributed by atoms with Crippen molar-refractivity contribution in [2.24, 2.45) is 0 Å². The maximum atomic E-state index is 12.4. The van der Waals surface area contributed by atoms with Crippen molar-refractivity contribution in [2.45, 2.75) is 216 Å². The zero-order valence-corrected chi connectivity index (χ0v) is 43.7. The second-order valence-electron chi connectivity index (χ2n) is 23.4. The molecule has 62 heavy (non-hydrogen) atoms. The fraction of sp³-hybridized carbons (Fsp3) is 0.579. The molecule has 1 aliphatic rings. The highest BCUT2D eigenvalue weighted by atomic mass is 31.2. The Hall–Kier alpha value is -3.49. The number of phenolic OH excluding ortho intramolecular Hbond substituents is 1. The van der Waals surface area contributed by atoms with E-state index >= 15 is 0 Å². The van der Waals surface area contributed by atoms with Gasteiger partial charge < -0.3 is 18.7 Å². The Labute approximate surface area is 380 Å². The van der Waals surface area contributed by atoms with Gasteiger partial charge in [-0.05, 0) is 94.3 Å². The van der Waals surface area contributed by atoms with Crippen LogP contribution in [0.15, 0.2) is 48.5 Å². The van der Waals surface area contributed by atoms with Crippen LogP contribution in [0.5, 0.6) is 23.0 Å². The van der Waals surface area contributed by atoms with Crippen LogP contribution in [0.1, 0.15) is 230 Å². The summed E-state index contributed by atoms with van der Waals surface area (Å²) in [6.07, 6.45) is 4.27. The van der Waals surface area contributed by atoms with Crippen molar-refractivity contribution in [2.75, 3.05) is 0 Å². The summed E-state index contributed by atoms with van der Waals surface area (Å²) in [4.78, 5) is 0. The molecule has 0 bridgehead atoms. The van der Waals surface area contributed by atoms with Crippen LogP contribution in [0.25, 0.3) is 0 Å². The van der Waals surface area contributed by atoms with E-state index in [1.807, 2.05) is 0 Å². The quantitative estimate of drug-likeness (QED) is 0.144. The molecule has 0 spiro atoms. The molecule has 5 rings (SSSR count). The molecule has 0 fully saturated rings. The van der Waals surface area contributed by atoms with Crippen molar-refractivity contribution in [3.8, 4) is 23.0 Å². The van der Waals surface area contributed by atoms with E-state index in [1.54, 1.807) is 0 Å². The van der Waals surface area contributed by atoms with Crippen LogP contribution in [-0.2, 0) is 38.9 Å². The van der Waals surface area contributed by atoms with Crippen molar-refractivity contribution in [1.82, 2.24) is 0 Å². The van der Waals surface area contributed by atoms with E-state index in [4.69, 9.17) is 13.6 Å². The first kappa shape index (κ1) is 49.5. The Morgan fingerprint density at radius 3 is 1.31 bits per heavy atom. The number of hydrogen-bond donors (Lipinski definition) is 1. The minimum atomic E-state index is -2.06. The summed E-state index contributed by atoms with van der Waals surface area (Å²) in [7, 11) is -2.06. The van der Waals surface area contributed by atoms with Crippen LogP contribution in [0.4, 0.5) is 0 Å². The predicted octanol–water partition coefficient (Wildman–Crippen LogP) is 17.2. The first-order valence-electron chi connectivity index (χ1n) is 23.6. The van der Waals surface area contributed by atoms with E-state index in [2.05, 4.69) is 194 Å². The topological polar surface area (TPSA) is 47.9 Å². The van der Waals surface area contributed by atoms with E-state index in [0.29, 0.717) is 12.2 Å². The minimum Gasteiger partial charge on any atom is -0.507 e. The average molecular weight is 863 g/mol. The molecule has 0 aromatic heterocycles. The van der Waals surface area contributed by atoms with Gasteiger partial charge in [-0.1, -0.05) is 191 Å². The molecule has 4 aromatic rings. The van der Waals surface area contributed by atoms with Crippen LogP contribution in [0.3, 0.4) is 0 Å². The molecule has 1 aliphatic heterocycles. The van der Waals surface area contributed by atoms with Gasteiger partial charge in [-0.25, -0.2) is 0 Å². The fourth-order valence-electron chi connectivity index (χ4n) is 8.56. The summed E-state index contributed by atoms with van der Waals surface area (Å²) in [6.45, 7) is 47.7. The number of fused-ring (bicyclic) bond motifs is 2. The van der Waals surface area contributed by atoms with Gasteiger partial charge >= 0.3 is 8.60 Å². The van der Waals surface area contributed by atoms with Gasteiger partial charge in [0.2, 0.25) is 0 Å². The van der Waals surface area contributed by atoms with E-state index in [9.17, 15) is 5.11 Å². The fourth-order valence-corrected chi connectivity index (χ4v) is 9.74. The summed E-state index contributed by atoms with van der Waals surface area (Å²) in [6, 6.07) is 18.4. The lowest BCUT2D eigenvalue weighted by Gasteiger charge is -2.36. The number of hydrogen-bond acceptors (Lipinski definition) is 4. The number of rotatable bonds is 12. The van der Waals surface area contributed by atoms with Gasteiger partial charge in [-0.15, -0.1) is 0 Å². The smallest absolute Gasteiger partial charge is 0.507 e. The van der Waals surface area contributed by atoms with Crippen LogP contribution in [0, 0.1) is 13.8 Å². The van der Waals surface area contributed by atoms with Crippen LogP contribution >= 0.6 is 8.60 Å². The minimum absolute atomic E-state index is 0.0176.